The minimum Gasteiger partial charge on any atom is -0.382 e. The number of nitrogens with zero attached hydrogens (tertiary/aromatic N) is 2. The summed E-state index contributed by atoms with van der Waals surface area (Å²) >= 11 is 1.18. The van der Waals surface area contributed by atoms with Crippen molar-refractivity contribution >= 4 is 33.8 Å². The number of anilines is 3. The third-order valence-electron chi connectivity index (χ3n) is 3.95. The minimum absolute atomic E-state index is 0.102. The second-order valence-corrected chi connectivity index (χ2v) is 7.06. The number of aryl methyl sites for hydroxylation is 1. The summed E-state index contributed by atoms with van der Waals surface area (Å²) in [6.07, 6.45) is 12.3. The van der Waals surface area contributed by atoms with E-state index in [2.05, 4.69) is 35.3 Å². The molecule has 0 radical (unpaired) electrons. The quantitative estimate of drug-likeness (QED) is 0.290. The van der Waals surface area contributed by atoms with E-state index in [9.17, 15) is 4.79 Å². The van der Waals surface area contributed by atoms with Gasteiger partial charge >= 0.3 is 0 Å². The summed E-state index contributed by atoms with van der Waals surface area (Å²) < 4.78 is 0. The van der Waals surface area contributed by atoms with E-state index in [1.54, 1.807) is 19.1 Å². The summed E-state index contributed by atoms with van der Waals surface area (Å²) in [5.41, 5.74) is 8.22. The first kappa shape index (κ1) is 21.0. The molecule has 3 N–H and O–H groups in total. The Morgan fingerprint density at radius 3 is 2.71 bits per heavy atom. The Hall–Kier alpha value is -3.35. The number of nitrogen functional groups attached to an aromatic ring is 1. The molecule has 2 aromatic rings. The van der Waals surface area contributed by atoms with Crippen molar-refractivity contribution < 1.29 is 4.79 Å². The summed E-state index contributed by atoms with van der Waals surface area (Å²) in [6, 6.07) is 9.96. The molecule has 0 aliphatic rings. The predicted octanol–water partition coefficient (Wildman–Crippen LogP) is 4.88. The van der Waals surface area contributed by atoms with Gasteiger partial charge in [0.1, 0.15) is 16.8 Å². The van der Waals surface area contributed by atoms with Gasteiger partial charge in [0.25, 0.3) is 0 Å². The summed E-state index contributed by atoms with van der Waals surface area (Å²) in [4.78, 5) is 17.5. The molecule has 0 aliphatic carbocycles. The van der Waals surface area contributed by atoms with Gasteiger partial charge in [-0.1, -0.05) is 54.9 Å². The van der Waals surface area contributed by atoms with Crippen LogP contribution >= 0.6 is 11.3 Å². The van der Waals surface area contributed by atoms with Crippen LogP contribution in [-0.2, 0) is 6.42 Å². The number of nitrogens with two attached hydrogens (primary N) is 1. The van der Waals surface area contributed by atoms with E-state index in [1.807, 2.05) is 18.2 Å². The van der Waals surface area contributed by atoms with Gasteiger partial charge in [-0.05, 0) is 37.1 Å². The predicted molar refractivity (Wildman–Crippen MR) is 115 cm³/mol. The van der Waals surface area contributed by atoms with Gasteiger partial charge in [-0.2, -0.15) is 5.26 Å². The molecule has 5 nitrogen and oxygen atoms in total. The van der Waals surface area contributed by atoms with E-state index < -0.39 is 5.92 Å². The molecular formula is C22H22N4OS. The number of aromatic nitrogens is 1. The van der Waals surface area contributed by atoms with Gasteiger partial charge in [0.15, 0.2) is 10.9 Å². The number of benzene rings is 1. The lowest BCUT2D eigenvalue weighted by Crippen LogP contribution is -2.11. The molecule has 2 rings (SSSR count). The largest absolute Gasteiger partial charge is 0.382 e. The van der Waals surface area contributed by atoms with Gasteiger partial charge in [0.05, 0.1) is 11.5 Å². The Labute approximate surface area is 169 Å². The highest BCUT2D eigenvalue weighted by atomic mass is 32.1. The molecule has 1 aromatic carbocycles. The maximum Gasteiger partial charge on any atom is 0.189 e. The minimum atomic E-state index is -0.667. The molecular weight excluding hydrogens is 368 g/mol. The monoisotopic (exact) mass is 390 g/mol. The fourth-order valence-corrected chi connectivity index (χ4v) is 3.50. The maximum absolute atomic E-state index is 12.9. The van der Waals surface area contributed by atoms with Crippen LogP contribution in [0.15, 0.2) is 48.1 Å². The van der Waals surface area contributed by atoms with Crippen LogP contribution < -0.4 is 11.1 Å². The van der Waals surface area contributed by atoms with Crippen molar-refractivity contribution in [1.29, 1.82) is 5.26 Å². The summed E-state index contributed by atoms with van der Waals surface area (Å²) in [6.45, 7) is 3.93. The van der Waals surface area contributed by atoms with Crippen LogP contribution in [0.2, 0.25) is 0 Å². The number of carbonyl (C=O) groups excluding carboxylic acids is 1. The summed E-state index contributed by atoms with van der Waals surface area (Å²) in [5.74, 6) is 1.51. The number of terminal acetylenes is 1. The zero-order chi connectivity index (χ0) is 20.5. The lowest BCUT2D eigenvalue weighted by atomic mass is 9.99. The molecule has 142 valence electrons. The standard InChI is InChI=1S/C22H22N4OS/c1-4-7-16-9-11-18(12-10-16)25-22-26-21(24)20(28-22)19(27)17(8-5-2)13-15(6-3)14-23/h3,5,8-13,17H,4,7,24H2,1-2H3,(H,25,26)/b8-5-,15-13?. The van der Waals surface area contributed by atoms with Crippen LogP contribution in [0.5, 0.6) is 0 Å². The molecule has 1 unspecified atom stereocenters. The molecule has 1 aromatic heterocycles. The number of thiazole rings is 1. The van der Waals surface area contributed by atoms with E-state index in [1.165, 1.54) is 23.0 Å². The topological polar surface area (TPSA) is 91.8 Å². The third kappa shape index (κ3) is 5.33. The number of hydrogen-bond donors (Lipinski definition) is 2. The van der Waals surface area contributed by atoms with Crippen molar-refractivity contribution in [2.75, 3.05) is 11.1 Å². The molecule has 0 amide bonds. The number of rotatable bonds is 8. The van der Waals surface area contributed by atoms with Gasteiger partial charge in [0.2, 0.25) is 0 Å². The van der Waals surface area contributed by atoms with Crippen molar-refractivity contribution in [3.8, 4) is 18.4 Å². The Kier molecular flexibility index (Phi) is 7.56. The fourth-order valence-electron chi connectivity index (χ4n) is 2.60. The van der Waals surface area contributed by atoms with E-state index in [0.717, 1.165) is 18.5 Å². The van der Waals surface area contributed by atoms with Crippen molar-refractivity contribution in [3.05, 3.63) is 58.5 Å². The Morgan fingerprint density at radius 1 is 1.43 bits per heavy atom. The second-order valence-electron chi connectivity index (χ2n) is 6.06. The van der Waals surface area contributed by atoms with Crippen LogP contribution in [0.3, 0.4) is 0 Å². The number of nitriles is 1. The van der Waals surface area contributed by atoms with Gasteiger partial charge < -0.3 is 11.1 Å². The number of ketones is 1. The second kappa shape index (κ2) is 10.1. The molecule has 0 aliphatic heterocycles. The highest BCUT2D eigenvalue weighted by Gasteiger charge is 2.22. The van der Waals surface area contributed by atoms with E-state index >= 15 is 0 Å². The third-order valence-corrected chi connectivity index (χ3v) is 4.95. The normalized spacial score (nSPS) is 12.4. The molecule has 28 heavy (non-hydrogen) atoms. The maximum atomic E-state index is 12.9. The first-order chi connectivity index (χ1) is 13.5. The number of allylic oxidation sites excluding steroid dienone is 4. The average molecular weight is 391 g/mol. The molecule has 1 atom stereocenters. The summed E-state index contributed by atoms with van der Waals surface area (Å²) in [5, 5.41) is 12.7. The van der Waals surface area contributed by atoms with E-state index in [-0.39, 0.29) is 17.2 Å². The number of carbonyl (C=O) groups is 1. The van der Waals surface area contributed by atoms with Crippen LogP contribution in [0.4, 0.5) is 16.6 Å². The number of nitrogens with one attached hydrogen (secondary N) is 1. The van der Waals surface area contributed by atoms with Crippen molar-refractivity contribution in [2.24, 2.45) is 5.92 Å². The van der Waals surface area contributed by atoms with Gasteiger partial charge in [-0.3, -0.25) is 4.79 Å². The summed E-state index contributed by atoms with van der Waals surface area (Å²) in [7, 11) is 0. The highest BCUT2D eigenvalue weighted by molar-refractivity contribution is 7.18. The molecule has 0 spiro atoms. The molecule has 0 fully saturated rings. The smallest absolute Gasteiger partial charge is 0.189 e. The molecule has 0 saturated heterocycles. The van der Waals surface area contributed by atoms with Crippen molar-refractivity contribution in [1.82, 2.24) is 4.98 Å². The van der Waals surface area contributed by atoms with Crippen LogP contribution in [0.1, 0.15) is 35.5 Å². The lowest BCUT2D eigenvalue weighted by molar-refractivity contribution is 0.0969. The van der Waals surface area contributed by atoms with Crippen LogP contribution in [-0.4, -0.2) is 10.8 Å². The SMILES string of the molecule is C#CC(C#N)=CC(/C=C\C)C(=O)c1sc(Nc2ccc(CCC)cc2)nc1N. The van der Waals surface area contributed by atoms with E-state index in [0.29, 0.717) is 10.0 Å². The Balaban J connectivity index is 2.24. The molecule has 0 bridgehead atoms. The van der Waals surface area contributed by atoms with Gasteiger partial charge in [0, 0.05) is 5.69 Å². The lowest BCUT2D eigenvalue weighted by Gasteiger charge is -2.05. The zero-order valence-electron chi connectivity index (χ0n) is 15.9. The Bertz CT molecular complexity index is 955. The Morgan fingerprint density at radius 2 is 2.14 bits per heavy atom. The van der Waals surface area contributed by atoms with Crippen molar-refractivity contribution in [3.63, 3.8) is 0 Å². The number of Topliss-reactive ketones (excluding diaryl/α,β-unsaturated/α-hetero) is 1. The zero-order valence-corrected chi connectivity index (χ0v) is 16.7. The van der Waals surface area contributed by atoms with Crippen molar-refractivity contribution in [2.45, 2.75) is 26.7 Å². The first-order valence-electron chi connectivity index (χ1n) is 8.90. The molecule has 6 heteroatoms. The van der Waals surface area contributed by atoms with Crippen LogP contribution in [0.25, 0.3) is 0 Å². The fraction of sp³-hybridized carbons (Fsp3) is 0.227. The highest BCUT2D eigenvalue weighted by Crippen LogP contribution is 2.30. The molecule has 1 heterocycles. The van der Waals surface area contributed by atoms with Gasteiger partial charge in [-0.15, -0.1) is 6.42 Å². The van der Waals surface area contributed by atoms with E-state index in [4.69, 9.17) is 17.4 Å². The van der Waals surface area contributed by atoms with Crippen LogP contribution in [0, 0.1) is 29.6 Å². The average Bonchev–Trinajstić information content (AvgIpc) is 3.06. The van der Waals surface area contributed by atoms with Gasteiger partial charge in [-0.25, -0.2) is 4.98 Å². The first-order valence-corrected chi connectivity index (χ1v) is 9.71. The molecule has 0 saturated carbocycles. The number of hydrogen-bond acceptors (Lipinski definition) is 6.